The lowest BCUT2D eigenvalue weighted by Crippen LogP contribution is -2.05. The normalized spacial score (nSPS) is 11.3. The van der Waals surface area contributed by atoms with Gasteiger partial charge in [0.25, 0.3) is 0 Å². The molecule has 0 saturated heterocycles. The van der Waals surface area contributed by atoms with Crippen LogP contribution in [0, 0.1) is 0 Å². The summed E-state index contributed by atoms with van der Waals surface area (Å²) in [6, 6.07) is 6.23. The molecule has 0 aliphatic carbocycles. The number of methoxy groups -OCH3 is 1. The highest BCUT2D eigenvalue weighted by Crippen LogP contribution is 2.32. The van der Waals surface area contributed by atoms with E-state index in [1.54, 1.807) is 0 Å². The Hall–Kier alpha value is -2.57. The van der Waals surface area contributed by atoms with E-state index >= 15 is 0 Å². The summed E-state index contributed by atoms with van der Waals surface area (Å²) < 4.78 is 43.2. The Morgan fingerprint density at radius 3 is 2.59 bits per heavy atom. The number of carboxylic acid groups (broad SMARTS) is 1. The number of nitrogens with zero attached hydrogens (tertiary/aromatic N) is 1. The van der Waals surface area contributed by atoms with Crippen molar-refractivity contribution in [3.63, 3.8) is 0 Å². The number of hydrogen-bond acceptors (Lipinski definition) is 3. The molecule has 0 atom stereocenters. The zero-order valence-corrected chi connectivity index (χ0v) is 11.5. The first-order chi connectivity index (χ1) is 10.3. The van der Waals surface area contributed by atoms with Crippen molar-refractivity contribution in [2.75, 3.05) is 7.11 Å². The van der Waals surface area contributed by atoms with Crippen LogP contribution >= 0.6 is 0 Å². The maximum atomic E-state index is 12.7. The van der Waals surface area contributed by atoms with E-state index in [4.69, 9.17) is 9.84 Å². The highest BCUT2D eigenvalue weighted by atomic mass is 19.4. The third kappa shape index (κ3) is 3.55. The third-order valence-corrected chi connectivity index (χ3v) is 2.98. The van der Waals surface area contributed by atoms with Crippen molar-refractivity contribution >= 4 is 5.97 Å². The third-order valence-electron chi connectivity index (χ3n) is 2.98. The van der Waals surface area contributed by atoms with Gasteiger partial charge in [-0.2, -0.15) is 13.2 Å². The number of benzene rings is 1. The zero-order valence-electron chi connectivity index (χ0n) is 11.5. The zero-order chi connectivity index (χ0) is 16.3. The first kappa shape index (κ1) is 15.8. The summed E-state index contributed by atoms with van der Waals surface area (Å²) >= 11 is 0. The summed E-state index contributed by atoms with van der Waals surface area (Å²) in [5.41, 5.74) is 0.213. The second-order valence-corrected chi connectivity index (χ2v) is 4.54. The highest BCUT2D eigenvalue weighted by molar-refractivity contribution is 5.73. The van der Waals surface area contributed by atoms with Gasteiger partial charge in [0.05, 0.1) is 19.1 Å². The van der Waals surface area contributed by atoms with Gasteiger partial charge in [0.15, 0.2) is 0 Å². The van der Waals surface area contributed by atoms with Crippen molar-refractivity contribution in [3.05, 3.63) is 47.7 Å². The second-order valence-electron chi connectivity index (χ2n) is 4.54. The minimum absolute atomic E-state index is 0.137. The molecule has 2 rings (SSSR count). The van der Waals surface area contributed by atoms with Gasteiger partial charge in [-0.25, -0.2) is 4.98 Å². The number of aliphatic carboxylic acids is 1. The smallest absolute Gasteiger partial charge is 0.416 e. The summed E-state index contributed by atoms with van der Waals surface area (Å²) in [7, 11) is 1.34. The Morgan fingerprint density at radius 1 is 1.27 bits per heavy atom. The number of aromatic nitrogens is 1. The topological polar surface area (TPSA) is 59.4 Å². The predicted molar refractivity (Wildman–Crippen MR) is 72.6 cm³/mol. The number of alkyl halides is 3. The molecule has 1 aromatic heterocycles. The Labute approximate surface area is 124 Å². The second kappa shape index (κ2) is 6.05. The van der Waals surface area contributed by atoms with Crippen molar-refractivity contribution in [1.29, 1.82) is 0 Å². The van der Waals surface area contributed by atoms with Crippen LogP contribution in [-0.4, -0.2) is 23.2 Å². The molecule has 22 heavy (non-hydrogen) atoms. The number of halogens is 3. The molecule has 2 aromatic rings. The van der Waals surface area contributed by atoms with Gasteiger partial charge < -0.3 is 9.84 Å². The number of carbonyl (C=O) groups is 1. The molecule has 1 N–H and O–H groups in total. The number of ether oxygens (including phenoxy) is 1. The molecule has 116 valence electrons. The molecule has 0 amide bonds. The molecule has 1 aromatic carbocycles. The molecule has 0 unspecified atom stereocenters. The van der Waals surface area contributed by atoms with Gasteiger partial charge in [-0.15, -0.1) is 0 Å². The predicted octanol–water partition coefficient (Wildman–Crippen LogP) is 3.40. The van der Waals surface area contributed by atoms with E-state index in [1.807, 2.05) is 0 Å². The van der Waals surface area contributed by atoms with E-state index in [-0.39, 0.29) is 12.3 Å². The molecule has 0 fully saturated rings. The van der Waals surface area contributed by atoms with Crippen molar-refractivity contribution in [3.8, 4) is 17.0 Å². The molecule has 4 nitrogen and oxygen atoms in total. The van der Waals surface area contributed by atoms with Crippen LogP contribution < -0.4 is 4.74 Å². The van der Waals surface area contributed by atoms with E-state index < -0.39 is 17.7 Å². The van der Waals surface area contributed by atoms with Gasteiger partial charge in [-0.3, -0.25) is 4.79 Å². The molecular weight excluding hydrogens is 299 g/mol. The molecule has 0 spiro atoms. The summed E-state index contributed by atoms with van der Waals surface area (Å²) in [6.45, 7) is 0. The van der Waals surface area contributed by atoms with Crippen molar-refractivity contribution < 1.29 is 27.8 Å². The molecule has 1 heterocycles. The standard InChI is InChI=1S/C15H12F3NO3/c1-22-14-10(7-13(20)21)5-11(8-19-14)9-3-2-4-12(6-9)15(16,17)18/h2-6,8H,7H2,1H3,(H,20,21). The average Bonchev–Trinajstić information content (AvgIpc) is 2.46. The van der Waals surface area contributed by atoms with Crippen LogP contribution in [0.5, 0.6) is 5.88 Å². The van der Waals surface area contributed by atoms with Crippen LogP contribution in [0.4, 0.5) is 13.2 Å². The highest BCUT2D eigenvalue weighted by Gasteiger charge is 2.30. The Balaban J connectivity index is 2.47. The van der Waals surface area contributed by atoms with Gasteiger partial charge >= 0.3 is 12.1 Å². The minimum Gasteiger partial charge on any atom is -0.481 e. The molecule has 0 radical (unpaired) electrons. The van der Waals surface area contributed by atoms with Crippen molar-refractivity contribution in [2.24, 2.45) is 0 Å². The maximum absolute atomic E-state index is 12.7. The lowest BCUT2D eigenvalue weighted by atomic mass is 10.0. The van der Waals surface area contributed by atoms with Crippen LogP contribution in [0.25, 0.3) is 11.1 Å². The molecule has 0 bridgehead atoms. The van der Waals surface area contributed by atoms with Gasteiger partial charge in [-0.1, -0.05) is 12.1 Å². The Bertz CT molecular complexity index is 699. The molecule has 0 saturated carbocycles. The fraction of sp³-hybridized carbons (Fsp3) is 0.200. The minimum atomic E-state index is -4.44. The quantitative estimate of drug-likeness (QED) is 0.940. The van der Waals surface area contributed by atoms with Gasteiger partial charge in [0, 0.05) is 17.3 Å². The van der Waals surface area contributed by atoms with E-state index in [1.165, 1.54) is 31.5 Å². The molecule has 0 aliphatic rings. The summed E-state index contributed by atoms with van der Waals surface area (Å²) in [5, 5.41) is 8.87. The molecule has 0 aliphatic heterocycles. The number of pyridine rings is 1. The molecular formula is C15H12F3NO3. The van der Waals surface area contributed by atoms with Gasteiger partial charge in [0.1, 0.15) is 0 Å². The summed E-state index contributed by atoms with van der Waals surface area (Å²) in [4.78, 5) is 14.8. The van der Waals surface area contributed by atoms with Crippen LogP contribution in [0.1, 0.15) is 11.1 Å². The fourth-order valence-corrected chi connectivity index (χ4v) is 2.00. The fourth-order valence-electron chi connectivity index (χ4n) is 2.00. The summed E-state index contributed by atoms with van der Waals surface area (Å²) in [5.74, 6) is -0.945. The number of carboxylic acids is 1. The number of hydrogen-bond donors (Lipinski definition) is 1. The van der Waals surface area contributed by atoms with Gasteiger partial charge in [0.2, 0.25) is 5.88 Å². The van der Waals surface area contributed by atoms with E-state index in [9.17, 15) is 18.0 Å². The van der Waals surface area contributed by atoms with E-state index in [0.717, 1.165) is 12.1 Å². The monoisotopic (exact) mass is 311 g/mol. The molecule has 7 heteroatoms. The maximum Gasteiger partial charge on any atom is 0.416 e. The van der Waals surface area contributed by atoms with Crippen molar-refractivity contribution in [1.82, 2.24) is 4.98 Å². The van der Waals surface area contributed by atoms with E-state index in [0.29, 0.717) is 16.7 Å². The Morgan fingerprint density at radius 2 is 2.00 bits per heavy atom. The SMILES string of the molecule is COc1ncc(-c2cccc(C(F)(F)F)c2)cc1CC(=O)O. The van der Waals surface area contributed by atoms with Crippen LogP contribution in [-0.2, 0) is 17.4 Å². The number of rotatable bonds is 4. The Kier molecular flexibility index (Phi) is 4.35. The lowest BCUT2D eigenvalue weighted by Gasteiger charge is -2.11. The van der Waals surface area contributed by atoms with Crippen molar-refractivity contribution in [2.45, 2.75) is 12.6 Å². The summed E-state index contributed by atoms with van der Waals surface area (Å²) in [6.07, 6.45) is -3.43. The largest absolute Gasteiger partial charge is 0.481 e. The lowest BCUT2D eigenvalue weighted by molar-refractivity contribution is -0.138. The van der Waals surface area contributed by atoms with Crippen LogP contribution in [0.2, 0.25) is 0 Å². The first-order valence-corrected chi connectivity index (χ1v) is 6.23. The van der Waals surface area contributed by atoms with E-state index in [2.05, 4.69) is 4.98 Å². The first-order valence-electron chi connectivity index (χ1n) is 6.23. The van der Waals surface area contributed by atoms with Gasteiger partial charge in [-0.05, 0) is 23.8 Å². The average molecular weight is 311 g/mol. The van der Waals surface area contributed by atoms with Crippen LogP contribution in [0.15, 0.2) is 36.5 Å². The van der Waals surface area contributed by atoms with Crippen LogP contribution in [0.3, 0.4) is 0 Å².